The van der Waals surface area contributed by atoms with Crippen LogP contribution in [0.5, 0.6) is 0 Å². The molecule has 0 saturated heterocycles. The van der Waals surface area contributed by atoms with Crippen molar-refractivity contribution >= 4 is 0 Å². The molecule has 0 aromatic rings. The van der Waals surface area contributed by atoms with Crippen LogP contribution in [0.1, 0.15) is 39.0 Å². The summed E-state index contributed by atoms with van der Waals surface area (Å²) < 4.78 is 0. The van der Waals surface area contributed by atoms with Crippen LogP contribution in [0.4, 0.5) is 0 Å². The van der Waals surface area contributed by atoms with Gasteiger partial charge in [-0.25, -0.2) is 0 Å². The van der Waals surface area contributed by atoms with Crippen LogP contribution >= 0.6 is 0 Å². The van der Waals surface area contributed by atoms with E-state index in [1.807, 2.05) is 0 Å². The van der Waals surface area contributed by atoms with E-state index >= 15 is 0 Å². The highest BCUT2D eigenvalue weighted by Crippen LogP contribution is 2.28. The Bertz CT molecular complexity index is 84.7. The lowest BCUT2D eigenvalue weighted by Crippen LogP contribution is -2.22. The molecule has 0 bridgehead atoms. The first-order valence-corrected chi connectivity index (χ1v) is 4.54. The predicted molar refractivity (Wildman–Crippen MR) is 44.8 cm³/mol. The first kappa shape index (κ1) is 8.06. The quantitative estimate of drug-likeness (QED) is 0.626. The number of rotatable bonds is 2. The highest BCUT2D eigenvalue weighted by atomic mass is 14.5. The summed E-state index contributed by atoms with van der Waals surface area (Å²) in [6.07, 6.45) is 7.19. The maximum absolute atomic E-state index is 5.60. The standard InChI is InChI=1S/C9H19N/c1-8(7-10)9-5-3-2-4-6-9/h8-9H,2-7,10H2,1H3/t8-/m1/s1. The second-order valence-electron chi connectivity index (χ2n) is 3.61. The highest BCUT2D eigenvalue weighted by Gasteiger charge is 2.18. The summed E-state index contributed by atoms with van der Waals surface area (Å²) in [6.45, 7) is 3.17. The normalized spacial score (nSPS) is 24.6. The molecule has 1 rings (SSSR count). The van der Waals surface area contributed by atoms with Crippen LogP contribution in [0.3, 0.4) is 0 Å². The van der Waals surface area contributed by atoms with E-state index in [0.717, 1.165) is 18.4 Å². The van der Waals surface area contributed by atoms with Gasteiger partial charge < -0.3 is 5.73 Å². The van der Waals surface area contributed by atoms with Gasteiger partial charge in [-0.2, -0.15) is 0 Å². The van der Waals surface area contributed by atoms with Crippen LogP contribution in [-0.4, -0.2) is 6.54 Å². The molecule has 1 atom stereocenters. The van der Waals surface area contributed by atoms with Crippen molar-refractivity contribution in [2.45, 2.75) is 39.0 Å². The lowest BCUT2D eigenvalue weighted by molar-refractivity contribution is 0.269. The predicted octanol–water partition coefficient (Wildman–Crippen LogP) is 2.16. The number of hydrogen-bond acceptors (Lipinski definition) is 1. The summed E-state index contributed by atoms with van der Waals surface area (Å²) in [5, 5.41) is 0. The maximum Gasteiger partial charge on any atom is -0.00489 e. The smallest absolute Gasteiger partial charge is 0.00489 e. The molecule has 0 aliphatic heterocycles. The molecule has 0 radical (unpaired) electrons. The third-order valence-corrected chi connectivity index (χ3v) is 2.83. The maximum atomic E-state index is 5.60. The van der Waals surface area contributed by atoms with Gasteiger partial charge in [0.05, 0.1) is 0 Å². The summed E-state index contributed by atoms with van der Waals surface area (Å²) in [7, 11) is 0. The van der Waals surface area contributed by atoms with Crippen LogP contribution < -0.4 is 5.73 Å². The van der Waals surface area contributed by atoms with Gasteiger partial charge in [0, 0.05) is 0 Å². The summed E-state index contributed by atoms with van der Waals surface area (Å²) in [6, 6.07) is 0. The first-order valence-electron chi connectivity index (χ1n) is 4.54. The van der Waals surface area contributed by atoms with Gasteiger partial charge in [-0.15, -0.1) is 0 Å². The molecular weight excluding hydrogens is 122 g/mol. The fraction of sp³-hybridized carbons (Fsp3) is 1.00. The van der Waals surface area contributed by atoms with Gasteiger partial charge in [0.15, 0.2) is 0 Å². The Morgan fingerprint density at radius 2 is 1.90 bits per heavy atom. The summed E-state index contributed by atoms with van der Waals surface area (Å²) in [5.74, 6) is 1.71. The molecule has 0 amide bonds. The van der Waals surface area contributed by atoms with Crippen molar-refractivity contribution in [1.29, 1.82) is 0 Å². The second kappa shape index (κ2) is 3.97. The van der Waals surface area contributed by atoms with Crippen LogP contribution in [0.15, 0.2) is 0 Å². The third-order valence-electron chi connectivity index (χ3n) is 2.83. The van der Waals surface area contributed by atoms with E-state index in [0.29, 0.717) is 0 Å². The molecule has 1 aliphatic carbocycles. The monoisotopic (exact) mass is 141 g/mol. The van der Waals surface area contributed by atoms with Gasteiger partial charge in [-0.1, -0.05) is 39.0 Å². The topological polar surface area (TPSA) is 26.0 Å². The van der Waals surface area contributed by atoms with Crippen molar-refractivity contribution in [2.24, 2.45) is 17.6 Å². The molecule has 1 heteroatoms. The largest absolute Gasteiger partial charge is 0.330 e. The van der Waals surface area contributed by atoms with Crippen molar-refractivity contribution in [3.63, 3.8) is 0 Å². The van der Waals surface area contributed by atoms with E-state index < -0.39 is 0 Å². The van der Waals surface area contributed by atoms with E-state index in [9.17, 15) is 0 Å². The average molecular weight is 141 g/mol. The zero-order valence-electron chi connectivity index (χ0n) is 6.97. The Morgan fingerprint density at radius 1 is 1.30 bits per heavy atom. The summed E-state index contributed by atoms with van der Waals surface area (Å²) in [5.41, 5.74) is 5.60. The Kier molecular flexibility index (Phi) is 3.20. The van der Waals surface area contributed by atoms with Gasteiger partial charge in [0.25, 0.3) is 0 Å². The Labute approximate surface area is 64.0 Å². The molecule has 0 heterocycles. The van der Waals surface area contributed by atoms with E-state index in [-0.39, 0.29) is 0 Å². The summed E-state index contributed by atoms with van der Waals surface area (Å²) in [4.78, 5) is 0. The molecule has 60 valence electrons. The Hall–Kier alpha value is -0.0400. The van der Waals surface area contributed by atoms with E-state index in [4.69, 9.17) is 5.73 Å². The average Bonchev–Trinajstić information content (AvgIpc) is 2.05. The van der Waals surface area contributed by atoms with Crippen molar-refractivity contribution < 1.29 is 0 Å². The Balaban J connectivity index is 2.24. The van der Waals surface area contributed by atoms with Crippen molar-refractivity contribution in [3.05, 3.63) is 0 Å². The minimum Gasteiger partial charge on any atom is -0.330 e. The van der Waals surface area contributed by atoms with E-state index in [1.54, 1.807) is 0 Å². The minimum absolute atomic E-state index is 0.764. The van der Waals surface area contributed by atoms with Crippen LogP contribution in [0.2, 0.25) is 0 Å². The fourth-order valence-electron chi connectivity index (χ4n) is 1.90. The molecule has 10 heavy (non-hydrogen) atoms. The molecule has 2 N–H and O–H groups in total. The van der Waals surface area contributed by atoms with E-state index in [2.05, 4.69) is 6.92 Å². The Morgan fingerprint density at radius 3 is 2.40 bits per heavy atom. The van der Waals surface area contributed by atoms with Crippen molar-refractivity contribution in [2.75, 3.05) is 6.54 Å². The molecule has 1 saturated carbocycles. The van der Waals surface area contributed by atoms with Gasteiger partial charge in [-0.3, -0.25) is 0 Å². The molecule has 0 aromatic carbocycles. The lowest BCUT2D eigenvalue weighted by Gasteiger charge is -2.26. The van der Waals surface area contributed by atoms with Crippen LogP contribution in [-0.2, 0) is 0 Å². The molecule has 1 nitrogen and oxygen atoms in total. The van der Waals surface area contributed by atoms with Gasteiger partial charge >= 0.3 is 0 Å². The van der Waals surface area contributed by atoms with Gasteiger partial charge in [-0.05, 0) is 18.4 Å². The molecule has 0 aromatic heterocycles. The zero-order valence-corrected chi connectivity index (χ0v) is 6.97. The SMILES string of the molecule is C[C@H](CN)C1CCCCC1. The second-order valence-corrected chi connectivity index (χ2v) is 3.61. The van der Waals surface area contributed by atoms with Crippen molar-refractivity contribution in [1.82, 2.24) is 0 Å². The zero-order chi connectivity index (χ0) is 7.40. The van der Waals surface area contributed by atoms with Crippen LogP contribution in [0, 0.1) is 11.8 Å². The minimum atomic E-state index is 0.764. The van der Waals surface area contributed by atoms with Gasteiger partial charge in [0.2, 0.25) is 0 Å². The third kappa shape index (κ3) is 1.98. The number of nitrogens with two attached hydrogens (primary N) is 1. The summed E-state index contributed by atoms with van der Waals surface area (Å²) >= 11 is 0. The highest BCUT2D eigenvalue weighted by molar-refractivity contribution is 4.71. The lowest BCUT2D eigenvalue weighted by atomic mass is 9.81. The molecule has 1 fully saturated rings. The van der Waals surface area contributed by atoms with Gasteiger partial charge in [0.1, 0.15) is 0 Å². The molecular formula is C9H19N. The molecule has 0 unspecified atom stereocenters. The number of hydrogen-bond donors (Lipinski definition) is 1. The first-order chi connectivity index (χ1) is 4.84. The fourth-order valence-corrected chi connectivity index (χ4v) is 1.90. The molecule has 1 aliphatic rings. The van der Waals surface area contributed by atoms with Crippen LogP contribution in [0.25, 0.3) is 0 Å². The van der Waals surface area contributed by atoms with E-state index in [1.165, 1.54) is 32.1 Å². The van der Waals surface area contributed by atoms with Crippen molar-refractivity contribution in [3.8, 4) is 0 Å². The molecule has 0 spiro atoms.